The maximum atomic E-state index is 16.1. The lowest BCUT2D eigenvalue weighted by Gasteiger charge is -2.40. The van der Waals surface area contributed by atoms with Crippen LogP contribution in [0, 0.1) is 5.82 Å². The number of amidine groups is 1. The van der Waals surface area contributed by atoms with Gasteiger partial charge in [0.25, 0.3) is 0 Å². The number of halogens is 2. The molecule has 10 heteroatoms. The number of aromatic nitrogens is 1. The van der Waals surface area contributed by atoms with E-state index < -0.39 is 28.1 Å². The number of nitrogens with two attached hydrogens (primary N) is 1. The Morgan fingerprint density at radius 3 is 2.39 bits per heavy atom. The SMILES string of the molecule is CC[Si](CC)(CC)c1cc(Br)nc([C@]2(C)C[S@](=O)(=NCCCO)C(C)(C)C(N)=N2)c1F. The van der Waals surface area contributed by atoms with E-state index in [2.05, 4.69) is 51.0 Å². The second-order valence-electron chi connectivity index (χ2n) is 8.99. The molecule has 3 N–H and O–H groups in total. The highest BCUT2D eigenvalue weighted by molar-refractivity contribution is 9.10. The fourth-order valence-corrected chi connectivity index (χ4v) is 11.2. The van der Waals surface area contributed by atoms with Gasteiger partial charge < -0.3 is 10.8 Å². The summed E-state index contributed by atoms with van der Waals surface area (Å²) in [5.41, 5.74) is 5.28. The fraction of sp³-hybridized carbons (Fsp3) is 0.714. The Kier molecular flexibility index (Phi) is 8.15. The van der Waals surface area contributed by atoms with Crippen molar-refractivity contribution in [1.82, 2.24) is 4.98 Å². The molecule has 0 fully saturated rings. The summed E-state index contributed by atoms with van der Waals surface area (Å²) in [6.45, 7) is 11.8. The predicted molar refractivity (Wildman–Crippen MR) is 134 cm³/mol. The molecular weight excluding hydrogens is 499 g/mol. The Morgan fingerprint density at radius 2 is 1.87 bits per heavy atom. The van der Waals surface area contributed by atoms with Crippen LogP contribution in [-0.4, -0.2) is 51.9 Å². The maximum absolute atomic E-state index is 16.1. The summed E-state index contributed by atoms with van der Waals surface area (Å²) in [5, 5.41) is 9.86. The van der Waals surface area contributed by atoms with Crippen molar-refractivity contribution in [2.24, 2.45) is 15.1 Å². The molecule has 0 saturated heterocycles. The molecule has 2 atom stereocenters. The summed E-state index contributed by atoms with van der Waals surface area (Å²) in [7, 11) is -4.94. The van der Waals surface area contributed by atoms with E-state index in [1.807, 2.05) is 6.07 Å². The smallest absolute Gasteiger partial charge is 0.146 e. The van der Waals surface area contributed by atoms with Gasteiger partial charge in [0.1, 0.15) is 32.2 Å². The third kappa shape index (κ3) is 4.63. The van der Waals surface area contributed by atoms with Crippen molar-refractivity contribution < 1.29 is 13.7 Å². The Morgan fingerprint density at radius 1 is 1.29 bits per heavy atom. The van der Waals surface area contributed by atoms with Crippen molar-refractivity contribution in [3.8, 4) is 0 Å². The molecule has 1 aliphatic rings. The van der Waals surface area contributed by atoms with Crippen molar-refractivity contribution in [2.75, 3.05) is 18.9 Å². The van der Waals surface area contributed by atoms with Crippen LogP contribution < -0.4 is 10.9 Å². The Balaban J connectivity index is 2.77. The standard InChI is InChI=1S/C21H36BrFN4O2SSi/c1-7-31(8-2,9-3)15-13-16(22)26-18(17(15)23)21(6)14-30(29,25-11-10-12-28)20(4,5)19(24)27-21/h13,28H,7-12,14H2,1-6H3,(H2,24,27)/t21-,30+/m0/s1. The van der Waals surface area contributed by atoms with Crippen molar-refractivity contribution in [3.05, 3.63) is 22.2 Å². The van der Waals surface area contributed by atoms with Gasteiger partial charge in [0.05, 0.1) is 30.1 Å². The molecule has 2 heterocycles. The second-order valence-corrected chi connectivity index (χ2v) is 17.9. The van der Waals surface area contributed by atoms with Gasteiger partial charge in [-0.1, -0.05) is 38.9 Å². The molecule has 1 aromatic rings. The monoisotopic (exact) mass is 534 g/mol. The van der Waals surface area contributed by atoms with Crippen LogP contribution in [0.1, 0.15) is 53.7 Å². The molecule has 1 aliphatic heterocycles. The van der Waals surface area contributed by atoms with Crippen molar-refractivity contribution in [2.45, 2.75) is 76.4 Å². The maximum Gasteiger partial charge on any atom is 0.146 e. The Hall–Kier alpha value is -0.843. The molecule has 0 bridgehead atoms. The largest absolute Gasteiger partial charge is 0.396 e. The molecule has 6 nitrogen and oxygen atoms in total. The van der Waals surface area contributed by atoms with Crippen LogP contribution in [0.2, 0.25) is 18.1 Å². The van der Waals surface area contributed by atoms with Gasteiger partial charge >= 0.3 is 0 Å². The van der Waals surface area contributed by atoms with E-state index in [1.54, 1.807) is 20.8 Å². The lowest BCUT2D eigenvalue weighted by atomic mass is 9.98. The van der Waals surface area contributed by atoms with Crippen molar-refractivity contribution >= 4 is 44.8 Å². The molecule has 0 saturated carbocycles. The van der Waals surface area contributed by atoms with Gasteiger partial charge in [0.2, 0.25) is 0 Å². The third-order valence-corrected chi connectivity index (χ3v) is 16.2. The molecule has 0 aromatic carbocycles. The summed E-state index contributed by atoms with van der Waals surface area (Å²) in [5.74, 6) is -0.138. The molecule has 0 unspecified atom stereocenters. The minimum absolute atomic E-state index is 0.0257. The normalized spacial score (nSPS) is 25.9. The number of rotatable bonds is 8. The third-order valence-electron chi connectivity index (χ3n) is 6.91. The average molecular weight is 536 g/mol. The van der Waals surface area contributed by atoms with Gasteiger partial charge in [-0.2, -0.15) is 0 Å². The first-order valence-corrected chi connectivity index (χ1v) is 16.0. The molecule has 2 rings (SSSR count). The zero-order chi connectivity index (χ0) is 23.7. The number of aliphatic imine (C=N–C) groups is 1. The second kappa shape index (κ2) is 9.57. The zero-order valence-electron chi connectivity index (χ0n) is 19.5. The number of hydrogen-bond donors (Lipinski definition) is 2. The van der Waals surface area contributed by atoms with Crippen LogP contribution in [0.5, 0.6) is 0 Å². The summed E-state index contributed by atoms with van der Waals surface area (Å²) >= 11 is 3.48. The van der Waals surface area contributed by atoms with Gasteiger partial charge in [0, 0.05) is 6.61 Å². The quantitative estimate of drug-likeness (QED) is 0.299. The van der Waals surface area contributed by atoms with Crippen LogP contribution in [0.25, 0.3) is 0 Å². The van der Waals surface area contributed by atoms with Crippen LogP contribution in [0.3, 0.4) is 0 Å². The van der Waals surface area contributed by atoms with Gasteiger partial charge in [-0.25, -0.2) is 17.9 Å². The summed E-state index contributed by atoms with van der Waals surface area (Å²) in [6.07, 6.45) is 0.409. The van der Waals surface area contributed by atoms with E-state index in [0.29, 0.717) is 11.0 Å². The number of nitrogens with zero attached hydrogens (tertiary/aromatic N) is 3. The van der Waals surface area contributed by atoms with Crippen LogP contribution >= 0.6 is 15.9 Å². The molecule has 0 spiro atoms. The summed E-state index contributed by atoms with van der Waals surface area (Å²) in [4.78, 5) is 9.14. The van der Waals surface area contributed by atoms with E-state index in [4.69, 9.17) is 10.8 Å². The number of aliphatic hydroxyl groups is 1. The first-order valence-electron chi connectivity index (χ1n) is 10.9. The Labute approximate surface area is 195 Å². The summed E-state index contributed by atoms with van der Waals surface area (Å²) < 4.78 is 34.2. The molecule has 176 valence electrons. The van der Waals surface area contributed by atoms with E-state index in [0.717, 1.165) is 23.3 Å². The minimum atomic E-state index is -2.89. The van der Waals surface area contributed by atoms with Gasteiger partial charge in [-0.15, -0.1) is 0 Å². The first-order chi connectivity index (χ1) is 14.4. The predicted octanol–water partition coefficient (Wildman–Crippen LogP) is 3.91. The van der Waals surface area contributed by atoms with Gasteiger partial charge in [-0.05, 0) is 54.4 Å². The molecule has 0 radical (unpaired) electrons. The van der Waals surface area contributed by atoms with Gasteiger partial charge in [0.15, 0.2) is 0 Å². The average Bonchev–Trinajstić information content (AvgIpc) is 2.70. The number of aliphatic hydroxyl groups excluding tert-OH is 1. The first kappa shape index (κ1) is 26.4. The van der Waals surface area contributed by atoms with Crippen LogP contribution in [0.4, 0.5) is 4.39 Å². The lowest BCUT2D eigenvalue weighted by Crippen LogP contribution is -2.56. The van der Waals surface area contributed by atoms with Crippen molar-refractivity contribution in [1.29, 1.82) is 0 Å². The zero-order valence-corrected chi connectivity index (χ0v) is 22.9. The summed E-state index contributed by atoms with van der Waals surface area (Å²) in [6, 6.07) is 4.59. The molecule has 1 aromatic heterocycles. The number of pyridine rings is 1. The highest BCUT2D eigenvalue weighted by Crippen LogP contribution is 2.39. The molecular formula is C21H36BrFN4O2SSi. The van der Waals surface area contributed by atoms with Crippen LogP contribution in [0.15, 0.2) is 20.0 Å². The molecule has 0 aliphatic carbocycles. The molecule has 31 heavy (non-hydrogen) atoms. The highest BCUT2D eigenvalue weighted by Gasteiger charge is 2.49. The lowest BCUT2D eigenvalue weighted by molar-refractivity contribution is 0.291. The van der Waals surface area contributed by atoms with Gasteiger partial charge in [-0.3, -0.25) is 4.99 Å². The van der Waals surface area contributed by atoms with E-state index in [-0.39, 0.29) is 36.3 Å². The van der Waals surface area contributed by atoms with E-state index in [1.165, 1.54) is 0 Å². The fourth-order valence-electron chi connectivity index (χ4n) is 4.33. The highest BCUT2D eigenvalue weighted by atomic mass is 79.9. The minimum Gasteiger partial charge on any atom is -0.396 e. The van der Waals surface area contributed by atoms with Crippen molar-refractivity contribution in [3.63, 3.8) is 0 Å². The van der Waals surface area contributed by atoms with E-state index >= 15 is 4.39 Å². The number of hydrogen-bond acceptors (Lipinski definition) is 6. The molecule has 0 amide bonds. The topological polar surface area (TPSA) is 101 Å². The van der Waals surface area contributed by atoms with E-state index in [9.17, 15) is 4.21 Å². The van der Waals surface area contributed by atoms with Crippen LogP contribution in [-0.2, 0) is 15.3 Å². The Bertz CT molecular complexity index is 966.